The van der Waals surface area contributed by atoms with Gasteiger partial charge in [-0.15, -0.1) is 0 Å². The number of hydrogen-bond donors (Lipinski definition) is 1. The smallest absolute Gasteiger partial charge is 0.418 e. The van der Waals surface area contributed by atoms with Crippen LogP contribution in [-0.4, -0.2) is 10.9 Å². The maximum atomic E-state index is 13.3. The quantitative estimate of drug-likeness (QED) is 0.443. The highest BCUT2D eigenvalue weighted by Gasteiger charge is 2.36. The summed E-state index contributed by atoms with van der Waals surface area (Å²) in [4.78, 5) is 23.9. The van der Waals surface area contributed by atoms with Crippen LogP contribution in [0.5, 0.6) is 5.75 Å². The molecule has 9 heteroatoms. The Hall–Kier alpha value is -3.26. The van der Waals surface area contributed by atoms with Gasteiger partial charge >= 0.3 is 11.8 Å². The molecule has 0 aliphatic heterocycles. The largest absolute Gasteiger partial charge is 0.507 e. The van der Waals surface area contributed by atoms with Gasteiger partial charge in [0, 0.05) is 11.6 Å². The molecule has 0 aliphatic carbocycles. The molecule has 1 N–H and O–H groups in total. The summed E-state index contributed by atoms with van der Waals surface area (Å²) in [5.41, 5.74) is -2.86. The van der Waals surface area contributed by atoms with Gasteiger partial charge in [-0.25, -0.2) is 4.79 Å². The Morgan fingerprint density at radius 1 is 1.17 bits per heavy atom. The summed E-state index contributed by atoms with van der Waals surface area (Å²) >= 11 is 5.70. The molecule has 0 radical (unpaired) electrons. The van der Waals surface area contributed by atoms with Gasteiger partial charge < -0.3 is 13.9 Å². The molecule has 0 saturated carbocycles. The van der Waals surface area contributed by atoms with Gasteiger partial charge in [-0.1, -0.05) is 23.7 Å². The van der Waals surface area contributed by atoms with E-state index in [0.29, 0.717) is 0 Å². The lowest BCUT2D eigenvalue weighted by atomic mass is 10.0. The molecule has 0 spiro atoms. The van der Waals surface area contributed by atoms with Crippen molar-refractivity contribution in [2.45, 2.75) is 13.1 Å². The van der Waals surface area contributed by atoms with E-state index in [2.05, 4.69) is 0 Å². The van der Waals surface area contributed by atoms with E-state index in [9.17, 15) is 27.9 Å². The van der Waals surface area contributed by atoms with E-state index >= 15 is 0 Å². The van der Waals surface area contributed by atoms with Crippen molar-refractivity contribution in [1.82, 2.24) is 0 Å². The van der Waals surface area contributed by atoms with Crippen molar-refractivity contribution in [3.63, 3.8) is 0 Å². The Morgan fingerprint density at radius 3 is 2.55 bits per heavy atom. The second-order valence-electron chi connectivity index (χ2n) is 5.96. The average Bonchev–Trinajstić information content (AvgIpc) is 3.06. The lowest BCUT2D eigenvalue weighted by Crippen LogP contribution is -2.12. The molecular formula is C20H12ClF3O5. The Bertz CT molecular complexity index is 1170. The first-order valence-electron chi connectivity index (χ1n) is 8.10. The molecule has 150 valence electrons. The van der Waals surface area contributed by atoms with Crippen molar-refractivity contribution in [3.8, 4) is 17.1 Å². The molecule has 0 fully saturated rings. The summed E-state index contributed by atoms with van der Waals surface area (Å²) in [5.74, 6) is -1.32. The van der Waals surface area contributed by atoms with Gasteiger partial charge in [-0.05, 0) is 37.3 Å². The van der Waals surface area contributed by atoms with Crippen LogP contribution in [0.2, 0.25) is 5.02 Å². The third kappa shape index (κ3) is 4.27. The SMILES string of the molecule is Cc1cc(O)c(C(=O)/C=C/c2ccc(-c3cccc(Cl)c3C(F)(F)F)o2)c(=O)o1. The van der Waals surface area contributed by atoms with Gasteiger partial charge in [0.05, 0.1) is 10.6 Å². The molecule has 0 atom stereocenters. The summed E-state index contributed by atoms with van der Waals surface area (Å²) in [7, 11) is 0. The molecule has 0 amide bonds. The molecule has 2 aromatic heterocycles. The summed E-state index contributed by atoms with van der Waals surface area (Å²) in [6.07, 6.45) is -2.60. The van der Waals surface area contributed by atoms with Crippen LogP contribution >= 0.6 is 11.6 Å². The third-order valence-electron chi connectivity index (χ3n) is 3.89. The highest BCUT2D eigenvalue weighted by Crippen LogP contribution is 2.41. The Kier molecular flexibility index (Phi) is 5.39. The maximum absolute atomic E-state index is 13.3. The first-order chi connectivity index (χ1) is 13.6. The van der Waals surface area contributed by atoms with Crippen LogP contribution in [0, 0.1) is 6.92 Å². The zero-order valence-electron chi connectivity index (χ0n) is 14.7. The van der Waals surface area contributed by atoms with E-state index < -0.39 is 39.5 Å². The second-order valence-corrected chi connectivity index (χ2v) is 6.37. The predicted molar refractivity (Wildman–Crippen MR) is 98.9 cm³/mol. The molecule has 3 aromatic rings. The van der Waals surface area contributed by atoms with Gasteiger partial charge in [0.25, 0.3) is 0 Å². The van der Waals surface area contributed by atoms with E-state index in [1.165, 1.54) is 31.2 Å². The van der Waals surface area contributed by atoms with Crippen LogP contribution < -0.4 is 5.63 Å². The fourth-order valence-corrected chi connectivity index (χ4v) is 2.95. The number of rotatable bonds is 4. The number of carbonyl (C=O) groups is 1. The lowest BCUT2D eigenvalue weighted by molar-refractivity contribution is -0.137. The fourth-order valence-electron chi connectivity index (χ4n) is 2.67. The normalized spacial score (nSPS) is 11.9. The molecule has 1 aromatic carbocycles. The van der Waals surface area contributed by atoms with Crippen molar-refractivity contribution in [2.75, 3.05) is 0 Å². The minimum Gasteiger partial charge on any atom is -0.507 e. The summed E-state index contributed by atoms with van der Waals surface area (Å²) < 4.78 is 50.0. The fraction of sp³-hybridized carbons (Fsp3) is 0.100. The Balaban J connectivity index is 1.92. The summed E-state index contributed by atoms with van der Waals surface area (Å²) in [5, 5.41) is 9.30. The number of alkyl halides is 3. The molecule has 5 nitrogen and oxygen atoms in total. The zero-order chi connectivity index (χ0) is 21.3. The summed E-state index contributed by atoms with van der Waals surface area (Å²) in [6, 6.07) is 7.44. The zero-order valence-corrected chi connectivity index (χ0v) is 15.5. The molecular weight excluding hydrogens is 413 g/mol. The highest BCUT2D eigenvalue weighted by atomic mass is 35.5. The van der Waals surface area contributed by atoms with E-state index in [0.717, 1.165) is 24.3 Å². The van der Waals surface area contributed by atoms with E-state index in [-0.39, 0.29) is 22.8 Å². The molecule has 0 bridgehead atoms. The van der Waals surface area contributed by atoms with Gasteiger partial charge in [0.2, 0.25) is 0 Å². The number of carbonyl (C=O) groups excluding carboxylic acids is 1. The number of benzene rings is 1. The molecule has 0 saturated heterocycles. The van der Waals surface area contributed by atoms with Gasteiger partial charge in [-0.2, -0.15) is 13.2 Å². The van der Waals surface area contributed by atoms with Crippen LogP contribution in [0.15, 0.2) is 56.1 Å². The monoisotopic (exact) mass is 424 g/mol. The minimum absolute atomic E-state index is 0.0532. The number of aromatic hydroxyl groups is 1. The number of furan rings is 1. The van der Waals surface area contributed by atoms with E-state index in [4.69, 9.17) is 20.4 Å². The van der Waals surface area contributed by atoms with Crippen molar-refractivity contribution >= 4 is 23.5 Å². The summed E-state index contributed by atoms with van der Waals surface area (Å²) in [6.45, 7) is 1.43. The highest BCUT2D eigenvalue weighted by molar-refractivity contribution is 6.31. The van der Waals surface area contributed by atoms with Gasteiger partial charge in [0.15, 0.2) is 5.78 Å². The van der Waals surface area contributed by atoms with Crippen LogP contribution in [0.4, 0.5) is 13.2 Å². The number of ketones is 1. The van der Waals surface area contributed by atoms with Crippen molar-refractivity contribution in [1.29, 1.82) is 0 Å². The number of allylic oxidation sites excluding steroid dienone is 1. The van der Waals surface area contributed by atoms with E-state index in [1.54, 1.807) is 0 Å². The van der Waals surface area contributed by atoms with Crippen molar-refractivity contribution in [2.24, 2.45) is 0 Å². The van der Waals surface area contributed by atoms with Crippen LogP contribution in [-0.2, 0) is 6.18 Å². The van der Waals surface area contributed by atoms with Crippen molar-refractivity contribution in [3.05, 3.63) is 80.6 Å². The number of hydrogen-bond acceptors (Lipinski definition) is 5. The van der Waals surface area contributed by atoms with Crippen LogP contribution in [0.3, 0.4) is 0 Å². The van der Waals surface area contributed by atoms with Crippen molar-refractivity contribution < 1.29 is 31.9 Å². The minimum atomic E-state index is -4.69. The van der Waals surface area contributed by atoms with Crippen LogP contribution in [0.25, 0.3) is 17.4 Å². The number of aryl methyl sites for hydroxylation is 1. The Morgan fingerprint density at radius 2 is 1.90 bits per heavy atom. The molecule has 0 aliphatic rings. The van der Waals surface area contributed by atoms with Crippen LogP contribution in [0.1, 0.15) is 27.4 Å². The van der Waals surface area contributed by atoms with E-state index in [1.807, 2.05) is 0 Å². The Labute approximate surface area is 166 Å². The predicted octanol–water partition coefficient (Wildman–Crippen LogP) is 5.48. The molecule has 29 heavy (non-hydrogen) atoms. The van der Waals surface area contributed by atoms with Gasteiger partial charge in [-0.3, -0.25) is 4.79 Å². The molecule has 2 heterocycles. The first-order valence-corrected chi connectivity index (χ1v) is 8.47. The number of halogens is 4. The van der Waals surface area contributed by atoms with Gasteiger partial charge in [0.1, 0.15) is 28.6 Å². The lowest BCUT2D eigenvalue weighted by Gasteiger charge is -2.12. The topological polar surface area (TPSA) is 80.6 Å². The third-order valence-corrected chi connectivity index (χ3v) is 4.20. The first kappa shape index (κ1) is 20.5. The average molecular weight is 425 g/mol. The standard InChI is InChI=1S/C20H12ClF3O5/c1-10-9-15(26)17(19(27)28-10)14(25)7-5-11-6-8-16(29-11)12-3-2-4-13(21)18(12)20(22,23)24/h2-9,26H,1H3/b7-5+. The maximum Gasteiger partial charge on any atom is 0.418 e. The molecule has 0 unspecified atom stereocenters. The molecule has 3 rings (SSSR count). The second kappa shape index (κ2) is 7.63.